The molecule has 1 unspecified atom stereocenters. The van der Waals surface area contributed by atoms with Crippen molar-refractivity contribution in [3.8, 4) is 0 Å². The number of carbonyl (C=O) groups is 1. The lowest BCUT2D eigenvalue weighted by Crippen LogP contribution is -2.34. The third kappa shape index (κ3) is 4.87. The Hall–Kier alpha value is -2.19. The number of carbonyl (C=O) groups excluding carboxylic acids is 1. The molecule has 3 heterocycles. The molecule has 1 N–H and O–H groups in total. The molecule has 0 aliphatic carbocycles. The molecule has 0 radical (unpaired) electrons. The van der Waals surface area contributed by atoms with Crippen molar-refractivity contribution < 1.29 is 4.79 Å². The van der Waals surface area contributed by atoms with Crippen molar-refractivity contribution >= 4 is 50.2 Å². The zero-order valence-electron chi connectivity index (χ0n) is 16.9. The summed E-state index contributed by atoms with van der Waals surface area (Å²) < 4.78 is 0.963. The van der Waals surface area contributed by atoms with Gasteiger partial charge in [-0.1, -0.05) is 36.1 Å². The molecular formula is C21H25N5OS2. The highest BCUT2D eigenvalue weighted by Gasteiger charge is 2.21. The molecule has 152 valence electrons. The number of thioether (sulfide) groups is 1. The van der Waals surface area contributed by atoms with Crippen molar-refractivity contribution in [3.63, 3.8) is 0 Å². The number of hydrogen-bond donors (Lipinski definition) is 1. The van der Waals surface area contributed by atoms with Crippen LogP contribution in [0.3, 0.4) is 0 Å². The van der Waals surface area contributed by atoms with Crippen LogP contribution >= 0.6 is 23.1 Å². The second-order valence-electron chi connectivity index (χ2n) is 7.73. The normalized spacial score (nSPS) is 16.9. The average Bonchev–Trinajstić information content (AvgIpc) is 3.10. The fraction of sp³-hybridized carbons (Fsp3) is 0.429. The lowest BCUT2D eigenvalue weighted by molar-refractivity contribution is -0.113. The van der Waals surface area contributed by atoms with Gasteiger partial charge in [0.2, 0.25) is 5.91 Å². The number of aryl methyl sites for hydroxylation is 2. The maximum atomic E-state index is 12.4. The minimum absolute atomic E-state index is 0.0404. The predicted molar refractivity (Wildman–Crippen MR) is 121 cm³/mol. The van der Waals surface area contributed by atoms with Gasteiger partial charge < -0.3 is 10.2 Å². The van der Waals surface area contributed by atoms with Gasteiger partial charge in [0.25, 0.3) is 0 Å². The largest absolute Gasteiger partial charge is 0.348 e. The molecule has 6 nitrogen and oxygen atoms in total. The first-order valence-corrected chi connectivity index (χ1v) is 11.7. The van der Waals surface area contributed by atoms with Crippen molar-refractivity contribution in [1.29, 1.82) is 0 Å². The van der Waals surface area contributed by atoms with Crippen molar-refractivity contribution in [3.05, 3.63) is 35.7 Å². The number of nitrogens with zero attached hydrogens (tertiary/aromatic N) is 4. The van der Waals surface area contributed by atoms with Gasteiger partial charge in [-0.25, -0.2) is 9.97 Å². The molecule has 1 saturated heterocycles. The lowest BCUT2D eigenvalue weighted by Gasteiger charge is -2.30. The Kier molecular flexibility index (Phi) is 6.01. The van der Waals surface area contributed by atoms with Gasteiger partial charge >= 0.3 is 0 Å². The van der Waals surface area contributed by atoms with E-state index in [0.29, 0.717) is 11.7 Å². The molecule has 1 amide bonds. The summed E-state index contributed by atoms with van der Waals surface area (Å²) in [4.78, 5) is 28.3. The van der Waals surface area contributed by atoms with Crippen LogP contribution in [0.4, 0.5) is 10.8 Å². The molecule has 29 heavy (non-hydrogen) atoms. The molecule has 0 bridgehead atoms. The molecule has 1 aliphatic rings. The number of anilines is 2. The summed E-state index contributed by atoms with van der Waals surface area (Å²) in [6.07, 6.45) is 4.01. The van der Waals surface area contributed by atoms with E-state index in [2.05, 4.69) is 33.2 Å². The first-order chi connectivity index (χ1) is 14.0. The van der Waals surface area contributed by atoms with E-state index < -0.39 is 0 Å². The molecule has 0 saturated carbocycles. The average molecular weight is 428 g/mol. The summed E-state index contributed by atoms with van der Waals surface area (Å²) in [6, 6.07) is 6.05. The third-order valence-corrected chi connectivity index (χ3v) is 7.15. The monoisotopic (exact) mass is 427 g/mol. The van der Waals surface area contributed by atoms with Crippen LogP contribution in [0.25, 0.3) is 10.3 Å². The Morgan fingerprint density at radius 1 is 1.28 bits per heavy atom. The fourth-order valence-corrected chi connectivity index (χ4v) is 5.63. The molecule has 1 aliphatic heterocycles. The SMILES string of the molecule is Cc1cc(C)cc(NC(=O)CSc2ncnc3nc(N4CCCC(C)C4)sc23)c1. The lowest BCUT2D eigenvalue weighted by atomic mass is 10.0. The maximum Gasteiger partial charge on any atom is 0.234 e. The summed E-state index contributed by atoms with van der Waals surface area (Å²) in [6.45, 7) is 8.42. The van der Waals surface area contributed by atoms with Crippen LogP contribution in [0.2, 0.25) is 0 Å². The van der Waals surface area contributed by atoms with Gasteiger partial charge in [0, 0.05) is 18.8 Å². The number of nitrogens with one attached hydrogen (secondary N) is 1. The van der Waals surface area contributed by atoms with Gasteiger partial charge in [-0.15, -0.1) is 0 Å². The zero-order valence-corrected chi connectivity index (χ0v) is 18.6. The Morgan fingerprint density at radius 2 is 2.07 bits per heavy atom. The predicted octanol–water partition coefficient (Wildman–Crippen LogP) is 4.67. The number of rotatable bonds is 5. The minimum Gasteiger partial charge on any atom is -0.348 e. The molecule has 1 fully saturated rings. The van der Waals surface area contributed by atoms with Gasteiger partial charge in [0.1, 0.15) is 16.1 Å². The van der Waals surface area contributed by atoms with Crippen LogP contribution in [0, 0.1) is 19.8 Å². The highest BCUT2D eigenvalue weighted by Crippen LogP contribution is 2.35. The smallest absolute Gasteiger partial charge is 0.234 e. The van der Waals surface area contributed by atoms with Crippen molar-refractivity contribution in [1.82, 2.24) is 15.0 Å². The van der Waals surface area contributed by atoms with Crippen molar-refractivity contribution in [2.45, 2.75) is 38.6 Å². The second-order valence-corrected chi connectivity index (χ2v) is 9.68. The van der Waals surface area contributed by atoms with E-state index in [4.69, 9.17) is 4.98 Å². The van der Waals surface area contributed by atoms with E-state index in [0.717, 1.165) is 50.4 Å². The topological polar surface area (TPSA) is 71.0 Å². The number of benzene rings is 1. The highest BCUT2D eigenvalue weighted by molar-refractivity contribution is 8.00. The number of aromatic nitrogens is 3. The van der Waals surface area contributed by atoms with Crippen LogP contribution < -0.4 is 10.2 Å². The van der Waals surface area contributed by atoms with Crippen LogP contribution in [0.5, 0.6) is 0 Å². The Labute approximate surface area is 179 Å². The van der Waals surface area contributed by atoms with E-state index in [1.54, 1.807) is 11.3 Å². The van der Waals surface area contributed by atoms with Gasteiger partial charge in [-0.05, 0) is 55.9 Å². The molecule has 4 rings (SSSR count). The summed E-state index contributed by atoms with van der Waals surface area (Å²) in [5.74, 6) is 0.943. The van der Waals surface area contributed by atoms with Crippen LogP contribution in [-0.2, 0) is 4.79 Å². The number of thiazole rings is 1. The molecular weight excluding hydrogens is 402 g/mol. The Bertz CT molecular complexity index is 1010. The van der Waals surface area contributed by atoms with E-state index in [1.165, 1.54) is 30.9 Å². The number of piperidine rings is 1. The molecule has 1 atom stereocenters. The quantitative estimate of drug-likeness (QED) is 0.471. The number of hydrogen-bond acceptors (Lipinski definition) is 7. The molecule has 2 aromatic heterocycles. The number of amides is 1. The Morgan fingerprint density at radius 3 is 2.83 bits per heavy atom. The maximum absolute atomic E-state index is 12.4. The van der Waals surface area contributed by atoms with E-state index in [9.17, 15) is 4.79 Å². The van der Waals surface area contributed by atoms with Crippen molar-refractivity contribution in [2.75, 3.05) is 29.1 Å². The van der Waals surface area contributed by atoms with Crippen LogP contribution in [0.15, 0.2) is 29.6 Å². The summed E-state index contributed by atoms with van der Waals surface area (Å²) in [7, 11) is 0. The highest BCUT2D eigenvalue weighted by atomic mass is 32.2. The van der Waals surface area contributed by atoms with Gasteiger partial charge in [-0.2, -0.15) is 4.98 Å². The van der Waals surface area contributed by atoms with Crippen molar-refractivity contribution in [2.24, 2.45) is 5.92 Å². The fourth-order valence-electron chi connectivity index (χ4n) is 3.70. The second kappa shape index (κ2) is 8.67. The summed E-state index contributed by atoms with van der Waals surface area (Å²) in [5, 5.41) is 4.81. The standard InChI is InChI=1S/C21H25N5OS2/c1-13-5-4-6-26(10-13)21-25-19-18(29-21)20(23-12-22-19)28-11-17(27)24-16-8-14(2)7-15(3)9-16/h7-9,12-13H,4-6,10-11H2,1-3H3,(H,24,27). The van der Waals surface area contributed by atoms with E-state index in [-0.39, 0.29) is 5.91 Å². The minimum atomic E-state index is -0.0404. The first kappa shape index (κ1) is 20.1. The molecule has 1 aromatic carbocycles. The van der Waals surface area contributed by atoms with Crippen LogP contribution in [-0.4, -0.2) is 39.7 Å². The van der Waals surface area contributed by atoms with E-state index in [1.807, 2.05) is 26.0 Å². The summed E-state index contributed by atoms with van der Waals surface area (Å²) in [5.41, 5.74) is 3.82. The molecule has 3 aromatic rings. The van der Waals surface area contributed by atoms with Gasteiger partial charge in [0.05, 0.1) is 5.75 Å². The van der Waals surface area contributed by atoms with E-state index >= 15 is 0 Å². The molecule has 8 heteroatoms. The summed E-state index contributed by atoms with van der Waals surface area (Å²) >= 11 is 3.06. The van der Waals surface area contributed by atoms with Gasteiger partial charge in [-0.3, -0.25) is 4.79 Å². The van der Waals surface area contributed by atoms with Gasteiger partial charge in [0.15, 0.2) is 10.8 Å². The number of fused-ring (bicyclic) bond motifs is 1. The Balaban J connectivity index is 1.45. The first-order valence-electron chi connectivity index (χ1n) is 9.85. The van der Waals surface area contributed by atoms with Crippen LogP contribution in [0.1, 0.15) is 30.9 Å². The zero-order chi connectivity index (χ0) is 20.4. The molecule has 0 spiro atoms. The third-order valence-electron chi connectivity index (χ3n) is 4.92.